The lowest BCUT2D eigenvalue weighted by atomic mass is 10.1. The Labute approximate surface area is 131 Å². The molecule has 0 radical (unpaired) electrons. The predicted molar refractivity (Wildman–Crippen MR) is 89.0 cm³/mol. The van der Waals surface area contributed by atoms with Gasteiger partial charge in [-0.25, -0.2) is 0 Å². The number of ether oxygens (including phenoxy) is 1. The number of benzene rings is 2. The highest BCUT2D eigenvalue weighted by atomic mass is 16.5. The van der Waals surface area contributed by atoms with Crippen LogP contribution in [-0.4, -0.2) is 12.5 Å². The fraction of sp³-hybridized carbons (Fsp3) is 0.278. The highest BCUT2D eigenvalue weighted by Gasteiger charge is 2.06. The van der Waals surface area contributed by atoms with E-state index >= 15 is 0 Å². The van der Waals surface area contributed by atoms with Crippen LogP contribution in [-0.2, 0) is 11.3 Å². The van der Waals surface area contributed by atoms with Gasteiger partial charge in [0.2, 0.25) is 5.91 Å². The zero-order chi connectivity index (χ0) is 15.9. The molecular weight excluding hydrogens is 276 g/mol. The molecule has 4 nitrogen and oxygen atoms in total. The van der Waals surface area contributed by atoms with E-state index in [1.165, 1.54) is 11.1 Å². The number of aryl methyl sites for hydroxylation is 2. The largest absolute Gasteiger partial charge is 0.493 e. The Morgan fingerprint density at radius 3 is 2.64 bits per heavy atom. The molecular formula is C18H22N2O2. The van der Waals surface area contributed by atoms with Crippen molar-refractivity contribution in [2.24, 2.45) is 5.73 Å². The van der Waals surface area contributed by atoms with Gasteiger partial charge in [0.1, 0.15) is 5.75 Å². The van der Waals surface area contributed by atoms with Crippen LogP contribution >= 0.6 is 0 Å². The Morgan fingerprint density at radius 2 is 1.91 bits per heavy atom. The standard InChI is InChI=1S/C18H22N2O2/c1-13-7-8-16(11-14(13)2)22-10-9-18(21)20-17-6-4-3-5-15(17)12-19/h3-8,11H,9-10,12,19H2,1-2H3,(H,20,21). The van der Waals surface area contributed by atoms with Gasteiger partial charge in [-0.05, 0) is 48.7 Å². The Balaban J connectivity index is 1.84. The molecule has 4 heteroatoms. The number of carbonyl (C=O) groups excluding carboxylic acids is 1. The maximum atomic E-state index is 12.0. The van der Waals surface area contributed by atoms with E-state index in [0.717, 1.165) is 17.0 Å². The average Bonchev–Trinajstić information content (AvgIpc) is 2.51. The van der Waals surface area contributed by atoms with Crippen molar-refractivity contribution in [1.82, 2.24) is 0 Å². The van der Waals surface area contributed by atoms with E-state index in [2.05, 4.69) is 12.2 Å². The van der Waals surface area contributed by atoms with Crippen LogP contribution in [0, 0.1) is 13.8 Å². The number of hydrogen-bond acceptors (Lipinski definition) is 3. The molecule has 0 fully saturated rings. The second-order valence-electron chi connectivity index (χ2n) is 5.25. The number of hydrogen-bond donors (Lipinski definition) is 2. The number of rotatable bonds is 6. The zero-order valence-corrected chi connectivity index (χ0v) is 13.1. The van der Waals surface area contributed by atoms with E-state index in [1.807, 2.05) is 49.4 Å². The summed E-state index contributed by atoms with van der Waals surface area (Å²) in [6.07, 6.45) is 0.297. The number of nitrogens with one attached hydrogen (secondary N) is 1. The van der Waals surface area contributed by atoms with Gasteiger partial charge >= 0.3 is 0 Å². The van der Waals surface area contributed by atoms with E-state index in [9.17, 15) is 4.79 Å². The highest BCUT2D eigenvalue weighted by Crippen LogP contribution is 2.17. The van der Waals surface area contributed by atoms with Crippen molar-refractivity contribution in [3.8, 4) is 5.75 Å². The monoisotopic (exact) mass is 298 g/mol. The van der Waals surface area contributed by atoms with E-state index in [1.54, 1.807) is 0 Å². The SMILES string of the molecule is Cc1ccc(OCCC(=O)Nc2ccccc2CN)cc1C. The third-order valence-corrected chi connectivity index (χ3v) is 3.59. The van der Waals surface area contributed by atoms with Gasteiger partial charge in [-0.3, -0.25) is 4.79 Å². The summed E-state index contributed by atoms with van der Waals surface area (Å²) in [7, 11) is 0. The van der Waals surface area contributed by atoms with Gasteiger partial charge in [-0.1, -0.05) is 24.3 Å². The van der Waals surface area contributed by atoms with E-state index in [-0.39, 0.29) is 5.91 Å². The summed E-state index contributed by atoms with van der Waals surface area (Å²) < 4.78 is 5.62. The molecule has 0 aromatic heterocycles. The molecule has 0 aliphatic heterocycles. The summed E-state index contributed by atoms with van der Waals surface area (Å²) in [6, 6.07) is 13.5. The van der Waals surface area contributed by atoms with E-state index in [4.69, 9.17) is 10.5 Å². The molecule has 0 spiro atoms. The second-order valence-corrected chi connectivity index (χ2v) is 5.25. The van der Waals surface area contributed by atoms with Crippen LogP contribution in [0.5, 0.6) is 5.75 Å². The van der Waals surface area contributed by atoms with Gasteiger partial charge in [-0.2, -0.15) is 0 Å². The van der Waals surface area contributed by atoms with Crippen molar-refractivity contribution in [3.05, 3.63) is 59.2 Å². The van der Waals surface area contributed by atoms with Crippen LogP contribution in [0.15, 0.2) is 42.5 Å². The van der Waals surface area contributed by atoms with Crippen molar-refractivity contribution < 1.29 is 9.53 Å². The van der Waals surface area contributed by atoms with Gasteiger partial charge in [0, 0.05) is 12.2 Å². The summed E-state index contributed by atoms with van der Waals surface area (Å²) in [5.74, 6) is 0.711. The molecule has 3 N–H and O–H groups in total. The minimum absolute atomic E-state index is 0.0790. The summed E-state index contributed by atoms with van der Waals surface area (Å²) in [5, 5.41) is 2.87. The first kappa shape index (κ1) is 16.0. The van der Waals surface area contributed by atoms with Crippen molar-refractivity contribution in [2.45, 2.75) is 26.8 Å². The van der Waals surface area contributed by atoms with E-state index in [0.29, 0.717) is 19.6 Å². The van der Waals surface area contributed by atoms with Gasteiger partial charge < -0.3 is 15.8 Å². The van der Waals surface area contributed by atoms with Crippen molar-refractivity contribution in [2.75, 3.05) is 11.9 Å². The van der Waals surface area contributed by atoms with Gasteiger partial charge in [-0.15, -0.1) is 0 Å². The molecule has 0 atom stereocenters. The van der Waals surface area contributed by atoms with Gasteiger partial charge in [0.05, 0.1) is 13.0 Å². The molecule has 0 bridgehead atoms. The fourth-order valence-electron chi connectivity index (χ4n) is 2.10. The minimum atomic E-state index is -0.0790. The van der Waals surface area contributed by atoms with Crippen LogP contribution in [0.25, 0.3) is 0 Å². The van der Waals surface area contributed by atoms with Crippen LogP contribution < -0.4 is 15.8 Å². The Kier molecular flexibility index (Phi) is 5.55. The molecule has 0 heterocycles. The first-order valence-electron chi connectivity index (χ1n) is 7.38. The van der Waals surface area contributed by atoms with Crippen LogP contribution in [0.3, 0.4) is 0 Å². The molecule has 116 valence electrons. The van der Waals surface area contributed by atoms with E-state index < -0.39 is 0 Å². The normalized spacial score (nSPS) is 10.3. The molecule has 0 saturated carbocycles. The summed E-state index contributed by atoms with van der Waals surface area (Å²) in [4.78, 5) is 12.0. The molecule has 0 saturated heterocycles. The number of amides is 1. The molecule has 22 heavy (non-hydrogen) atoms. The molecule has 2 rings (SSSR count). The Morgan fingerprint density at radius 1 is 1.14 bits per heavy atom. The second kappa shape index (κ2) is 7.61. The lowest BCUT2D eigenvalue weighted by Crippen LogP contribution is -2.16. The van der Waals surface area contributed by atoms with Crippen LogP contribution in [0.1, 0.15) is 23.1 Å². The third-order valence-electron chi connectivity index (χ3n) is 3.59. The zero-order valence-electron chi connectivity index (χ0n) is 13.1. The first-order valence-corrected chi connectivity index (χ1v) is 7.38. The van der Waals surface area contributed by atoms with Gasteiger partial charge in [0.15, 0.2) is 0 Å². The smallest absolute Gasteiger partial charge is 0.227 e. The number of carbonyl (C=O) groups is 1. The summed E-state index contributed by atoms with van der Waals surface area (Å²) in [5.41, 5.74) is 9.74. The van der Waals surface area contributed by atoms with Crippen LogP contribution in [0.2, 0.25) is 0 Å². The summed E-state index contributed by atoms with van der Waals surface area (Å²) in [6.45, 7) is 4.84. The predicted octanol–water partition coefficient (Wildman–Crippen LogP) is 3.17. The molecule has 0 aliphatic rings. The van der Waals surface area contributed by atoms with Crippen molar-refractivity contribution in [1.29, 1.82) is 0 Å². The Hall–Kier alpha value is -2.33. The number of para-hydroxylation sites is 1. The maximum Gasteiger partial charge on any atom is 0.227 e. The lowest BCUT2D eigenvalue weighted by Gasteiger charge is -2.11. The molecule has 2 aromatic carbocycles. The minimum Gasteiger partial charge on any atom is -0.493 e. The first-order chi connectivity index (χ1) is 10.6. The van der Waals surface area contributed by atoms with Crippen LogP contribution in [0.4, 0.5) is 5.69 Å². The highest BCUT2D eigenvalue weighted by molar-refractivity contribution is 5.91. The Bertz CT molecular complexity index is 653. The number of nitrogens with two attached hydrogens (primary N) is 1. The molecule has 0 aliphatic carbocycles. The fourth-order valence-corrected chi connectivity index (χ4v) is 2.10. The number of anilines is 1. The average molecular weight is 298 g/mol. The quantitative estimate of drug-likeness (QED) is 0.861. The maximum absolute atomic E-state index is 12.0. The lowest BCUT2D eigenvalue weighted by molar-refractivity contribution is -0.116. The molecule has 1 amide bonds. The molecule has 0 unspecified atom stereocenters. The van der Waals surface area contributed by atoms with Gasteiger partial charge in [0.25, 0.3) is 0 Å². The third kappa shape index (κ3) is 4.33. The van der Waals surface area contributed by atoms with Crippen molar-refractivity contribution >= 4 is 11.6 Å². The topological polar surface area (TPSA) is 64.3 Å². The summed E-state index contributed by atoms with van der Waals surface area (Å²) >= 11 is 0. The van der Waals surface area contributed by atoms with Crippen molar-refractivity contribution in [3.63, 3.8) is 0 Å². The molecule has 2 aromatic rings.